The quantitative estimate of drug-likeness (QED) is 0.776. The second-order valence-corrected chi connectivity index (χ2v) is 6.80. The minimum Gasteiger partial charge on any atom is -0.467 e. The smallest absolute Gasteiger partial charge is 0.467 e. The van der Waals surface area contributed by atoms with E-state index in [2.05, 4.69) is 9.97 Å². The molecule has 5 nitrogen and oxygen atoms in total. The van der Waals surface area contributed by atoms with E-state index in [9.17, 15) is 0 Å². The Hall–Kier alpha value is -2.77. The van der Waals surface area contributed by atoms with Gasteiger partial charge in [-0.1, -0.05) is 0 Å². The Bertz CT molecular complexity index is 1030. The molecule has 2 aromatic rings. The Morgan fingerprint density at radius 1 is 1.12 bits per heavy atom. The summed E-state index contributed by atoms with van der Waals surface area (Å²) < 4.78 is 38.3. The summed E-state index contributed by atoms with van der Waals surface area (Å²) in [5.41, 5.74) is 5.12. The van der Waals surface area contributed by atoms with E-state index in [4.69, 9.17) is 4.74 Å². The second-order valence-electron chi connectivity index (χ2n) is 6.80. The third-order valence-electron chi connectivity index (χ3n) is 5.03. The standard InChI is InChI=1S/C18H19BF2N4O/c1-10-6-12(3)24-16(10)15(14-8-22-18(26-5)23-9-14)17-11(2)7-13(4)25(17)19(24,20)21/h6-9H,1-5H3. The minimum absolute atomic E-state index is 0.242. The molecule has 26 heavy (non-hydrogen) atoms. The molecule has 0 saturated carbocycles. The van der Waals surface area contributed by atoms with Gasteiger partial charge in [0.1, 0.15) is 5.71 Å². The molecule has 2 aliphatic rings. The minimum atomic E-state index is -3.97. The highest BCUT2D eigenvalue weighted by atomic mass is 19.2. The Labute approximate surface area is 150 Å². The highest BCUT2D eigenvalue weighted by Crippen LogP contribution is 2.43. The molecule has 0 bridgehead atoms. The zero-order valence-corrected chi connectivity index (χ0v) is 15.3. The van der Waals surface area contributed by atoms with E-state index in [0.29, 0.717) is 28.4 Å². The maximum absolute atomic E-state index is 15.5. The summed E-state index contributed by atoms with van der Waals surface area (Å²) in [5, 5.41) is 0. The SMILES string of the molecule is COc1ncc(C2=C3C(C)=CC(C)=[N+]3[B-](F)(F)n3c(C)cc(C)c32)cn1. The average Bonchev–Trinajstić information content (AvgIpc) is 3.05. The maximum Gasteiger partial charge on any atom is 0.737 e. The number of aryl methyl sites for hydroxylation is 2. The van der Waals surface area contributed by atoms with Gasteiger partial charge in [-0.05, 0) is 38.1 Å². The summed E-state index contributed by atoms with van der Waals surface area (Å²) in [6, 6.07) is 2.04. The molecule has 2 aromatic heterocycles. The van der Waals surface area contributed by atoms with Crippen molar-refractivity contribution in [3.63, 3.8) is 0 Å². The van der Waals surface area contributed by atoms with Gasteiger partial charge >= 0.3 is 13.0 Å². The number of allylic oxidation sites excluding steroid dienone is 2. The fourth-order valence-electron chi connectivity index (χ4n) is 4.12. The van der Waals surface area contributed by atoms with Gasteiger partial charge in [0.2, 0.25) is 0 Å². The Morgan fingerprint density at radius 2 is 1.77 bits per heavy atom. The molecule has 134 valence electrons. The summed E-state index contributed by atoms with van der Waals surface area (Å²) in [6.45, 7) is 3.17. The lowest BCUT2D eigenvalue weighted by Gasteiger charge is -2.33. The Kier molecular flexibility index (Phi) is 3.44. The van der Waals surface area contributed by atoms with Gasteiger partial charge in [0.15, 0.2) is 5.70 Å². The molecule has 0 amide bonds. The van der Waals surface area contributed by atoms with Crippen LogP contribution in [0.25, 0.3) is 5.57 Å². The van der Waals surface area contributed by atoms with Crippen molar-refractivity contribution in [3.8, 4) is 6.01 Å². The van der Waals surface area contributed by atoms with Gasteiger partial charge in [0.05, 0.1) is 12.7 Å². The molecule has 0 fully saturated rings. The van der Waals surface area contributed by atoms with Gasteiger partial charge in [0.25, 0.3) is 0 Å². The second kappa shape index (κ2) is 5.36. The van der Waals surface area contributed by atoms with Gasteiger partial charge in [-0.3, -0.25) is 0 Å². The lowest BCUT2D eigenvalue weighted by atomic mass is 9.84. The normalized spacial score (nSPS) is 18.0. The number of halogens is 2. The van der Waals surface area contributed by atoms with Crippen LogP contribution in [-0.4, -0.2) is 38.7 Å². The van der Waals surface area contributed by atoms with Crippen LogP contribution < -0.4 is 4.74 Å². The van der Waals surface area contributed by atoms with Gasteiger partial charge < -0.3 is 22.3 Å². The summed E-state index contributed by atoms with van der Waals surface area (Å²) in [6.07, 6.45) is 5.04. The van der Waals surface area contributed by atoms with Crippen LogP contribution in [0.3, 0.4) is 0 Å². The van der Waals surface area contributed by atoms with Crippen molar-refractivity contribution < 1.29 is 17.9 Å². The number of rotatable bonds is 2. The number of ether oxygens (including phenoxy) is 1. The largest absolute Gasteiger partial charge is 0.737 e. The number of fused-ring (bicyclic) bond motifs is 2. The van der Waals surface area contributed by atoms with E-state index in [1.165, 1.54) is 7.11 Å². The number of aromatic nitrogens is 3. The van der Waals surface area contributed by atoms with Crippen LogP contribution in [0.4, 0.5) is 8.63 Å². The zero-order valence-electron chi connectivity index (χ0n) is 15.3. The first-order valence-electron chi connectivity index (χ1n) is 8.41. The number of hydrogen-bond donors (Lipinski definition) is 0. The molecule has 4 rings (SSSR count). The van der Waals surface area contributed by atoms with E-state index in [1.54, 1.807) is 38.4 Å². The molecule has 2 aliphatic heterocycles. The van der Waals surface area contributed by atoms with Crippen LogP contribution in [0, 0.1) is 13.8 Å². The van der Waals surface area contributed by atoms with Gasteiger partial charge in [-0.15, -0.1) is 0 Å². The predicted molar refractivity (Wildman–Crippen MR) is 96.6 cm³/mol. The van der Waals surface area contributed by atoms with Crippen LogP contribution in [-0.2, 0) is 0 Å². The molecule has 0 spiro atoms. The summed E-state index contributed by atoms with van der Waals surface area (Å²) in [4.78, 5) is 8.34. The van der Waals surface area contributed by atoms with Crippen molar-refractivity contribution in [2.24, 2.45) is 0 Å². The first-order chi connectivity index (χ1) is 12.3. The van der Waals surface area contributed by atoms with Crippen molar-refractivity contribution in [3.05, 3.63) is 58.3 Å². The molecule has 8 heteroatoms. The summed E-state index contributed by atoms with van der Waals surface area (Å²) in [5.74, 6) is 0. The highest BCUT2D eigenvalue weighted by Gasteiger charge is 2.55. The van der Waals surface area contributed by atoms with Crippen LogP contribution in [0.15, 0.2) is 35.8 Å². The Morgan fingerprint density at radius 3 is 2.38 bits per heavy atom. The molecule has 4 heterocycles. The monoisotopic (exact) mass is 356 g/mol. The third kappa shape index (κ3) is 2.04. The van der Waals surface area contributed by atoms with E-state index in [0.717, 1.165) is 25.7 Å². The fourth-order valence-corrected chi connectivity index (χ4v) is 4.12. The Balaban J connectivity index is 2.12. The molecule has 0 N–H and O–H groups in total. The lowest BCUT2D eigenvalue weighted by Crippen LogP contribution is -2.51. The van der Waals surface area contributed by atoms with Gasteiger partial charge in [0, 0.05) is 42.2 Å². The van der Waals surface area contributed by atoms with Crippen LogP contribution in [0.1, 0.15) is 36.4 Å². The van der Waals surface area contributed by atoms with Crippen LogP contribution >= 0.6 is 0 Å². The topological polar surface area (TPSA) is 43.0 Å². The maximum atomic E-state index is 15.5. The van der Waals surface area contributed by atoms with E-state index >= 15 is 8.63 Å². The zero-order chi connectivity index (χ0) is 18.8. The van der Waals surface area contributed by atoms with Crippen molar-refractivity contribution >= 4 is 18.3 Å². The number of hydrogen-bond acceptors (Lipinski definition) is 3. The van der Waals surface area contributed by atoms with E-state index in [1.807, 2.05) is 13.8 Å². The number of methoxy groups -OCH3 is 1. The van der Waals surface area contributed by atoms with Crippen molar-refractivity contribution in [1.82, 2.24) is 14.4 Å². The number of nitrogens with zero attached hydrogens (tertiary/aromatic N) is 4. The van der Waals surface area contributed by atoms with Crippen molar-refractivity contribution in [2.75, 3.05) is 7.11 Å². The van der Waals surface area contributed by atoms with E-state index in [-0.39, 0.29) is 6.01 Å². The van der Waals surface area contributed by atoms with E-state index < -0.39 is 6.97 Å². The molecule has 0 aromatic carbocycles. The molecule has 0 aliphatic carbocycles. The summed E-state index contributed by atoms with van der Waals surface area (Å²) in [7, 11) is 1.49. The molecule has 0 unspecified atom stereocenters. The predicted octanol–water partition coefficient (Wildman–Crippen LogP) is 3.33. The van der Waals surface area contributed by atoms with Gasteiger partial charge in [-0.25, -0.2) is 9.97 Å². The van der Waals surface area contributed by atoms with Crippen molar-refractivity contribution in [2.45, 2.75) is 27.7 Å². The average molecular weight is 356 g/mol. The first kappa shape index (κ1) is 16.7. The van der Waals surface area contributed by atoms with Crippen molar-refractivity contribution in [1.29, 1.82) is 0 Å². The first-order valence-corrected chi connectivity index (χ1v) is 8.41. The fraction of sp³-hybridized carbons (Fsp3) is 0.278. The highest BCUT2D eigenvalue weighted by molar-refractivity contribution is 6.58. The molecule has 0 saturated heterocycles. The van der Waals surface area contributed by atoms with Crippen LogP contribution in [0.5, 0.6) is 6.01 Å². The molecular formula is C18H19BF2N4O. The molecular weight excluding hydrogens is 337 g/mol. The van der Waals surface area contributed by atoms with Crippen LogP contribution in [0.2, 0.25) is 0 Å². The lowest BCUT2D eigenvalue weighted by molar-refractivity contribution is -0.363. The molecule has 0 atom stereocenters. The third-order valence-corrected chi connectivity index (χ3v) is 5.03. The summed E-state index contributed by atoms with van der Waals surface area (Å²) >= 11 is 0. The van der Waals surface area contributed by atoms with Gasteiger partial charge in [-0.2, -0.15) is 0 Å². The molecule has 0 radical (unpaired) electrons.